The van der Waals surface area contributed by atoms with Gasteiger partial charge in [0.2, 0.25) is 5.89 Å². The van der Waals surface area contributed by atoms with E-state index in [0.29, 0.717) is 24.0 Å². The molecule has 0 radical (unpaired) electrons. The maximum Gasteiger partial charge on any atom is 0.251 e. The van der Waals surface area contributed by atoms with Crippen molar-refractivity contribution in [2.24, 2.45) is 0 Å². The Balaban J connectivity index is 1.35. The normalized spacial score (nSPS) is 16.4. The second-order valence-electron chi connectivity index (χ2n) is 8.34. The highest BCUT2D eigenvalue weighted by Crippen LogP contribution is 2.28. The van der Waals surface area contributed by atoms with Crippen LogP contribution in [0.5, 0.6) is 0 Å². The molecule has 0 bridgehead atoms. The van der Waals surface area contributed by atoms with Gasteiger partial charge in [-0.1, -0.05) is 24.6 Å². The summed E-state index contributed by atoms with van der Waals surface area (Å²) in [5.74, 6) is 2.16. The molecule has 1 aliphatic rings. The number of aromatic nitrogens is 1. The van der Waals surface area contributed by atoms with Crippen molar-refractivity contribution in [1.82, 2.24) is 15.2 Å². The first-order chi connectivity index (χ1) is 15.5. The van der Waals surface area contributed by atoms with Crippen LogP contribution in [0.1, 0.15) is 47.1 Å². The highest BCUT2D eigenvalue weighted by Gasteiger charge is 2.23. The lowest BCUT2D eigenvalue weighted by molar-refractivity contribution is 0.0941. The van der Waals surface area contributed by atoms with Crippen molar-refractivity contribution >= 4 is 17.7 Å². The summed E-state index contributed by atoms with van der Waals surface area (Å²) in [5.41, 5.74) is 3.75. The number of carbonyl (C=O) groups excluding carboxylic acids is 1. The summed E-state index contributed by atoms with van der Waals surface area (Å²) in [6.07, 6.45) is 2.37. The Labute approximate surface area is 194 Å². The van der Waals surface area contributed by atoms with Gasteiger partial charge in [-0.25, -0.2) is 4.98 Å². The first-order valence-electron chi connectivity index (χ1n) is 11.3. The van der Waals surface area contributed by atoms with Crippen LogP contribution < -0.4 is 5.32 Å². The standard InChI is InChI=1S/C26H31N3O2S/c1-4-29-15-5-6-22(29)16-27-25(30)20-9-11-21(12-10-20)26-28-24(19(3)31-26)17-32-23-13-7-18(2)8-14-23/h7-14,22H,4-6,15-17H2,1-3H3,(H,27,30)/t22-/m0/s1. The van der Waals surface area contributed by atoms with Gasteiger partial charge in [0.15, 0.2) is 0 Å². The number of amides is 1. The molecule has 1 N–H and O–H groups in total. The van der Waals surface area contributed by atoms with Crippen molar-refractivity contribution < 1.29 is 9.21 Å². The second kappa shape index (κ2) is 10.4. The Morgan fingerprint density at radius 3 is 2.62 bits per heavy atom. The van der Waals surface area contributed by atoms with Gasteiger partial charge in [-0.05, 0) is 76.2 Å². The highest BCUT2D eigenvalue weighted by atomic mass is 32.2. The smallest absolute Gasteiger partial charge is 0.251 e. The van der Waals surface area contributed by atoms with Crippen molar-refractivity contribution in [1.29, 1.82) is 0 Å². The molecule has 6 heteroatoms. The second-order valence-corrected chi connectivity index (χ2v) is 9.38. The molecule has 1 aromatic heterocycles. The van der Waals surface area contributed by atoms with Gasteiger partial charge in [-0.3, -0.25) is 9.69 Å². The summed E-state index contributed by atoms with van der Waals surface area (Å²) in [7, 11) is 0. The van der Waals surface area contributed by atoms with Gasteiger partial charge in [0.05, 0.1) is 5.69 Å². The van der Waals surface area contributed by atoms with E-state index < -0.39 is 0 Å². The van der Waals surface area contributed by atoms with E-state index in [4.69, 9.17) is 9.40 Å². The average Bonchev–Trinajstić information content (AvgIpc) is 3.43. The zero-order valence-corrected chi connectivity index (χ0v) is 19.9. The summed E-state index contributed by atoms with van der Waals surface area (Å²) in [4.78, 5) is 20.9. The lowest BCUT2D eigenvalue weighted by atomic mass is 10.1. The molecule has 0 aliphatic carbocycles. The van der Waals surface area contributed by atoms with Crippen LogP contribution in [0.4, 0.5) is 0 Å². The van der Waals surface area contributed by atoms with Crippen LogP contribution in [0.3, 0.4) is 0 Å². The van der Waals surface area contributed by atoms with Crippen LogP contribution in [-0.2, 0) is 5.75 Å². The molecule has 32 heavy (non-hydrogen) atoms. The Kier molecular flexibility index (Phi) is 7.33. The summed E-state index contributed by atoms with van der Waals surface area (Å²) >= 11 is 1.75. The maximum absolute atomic E-state index is 12.6. The van der Waals surface area contributed by atoms with Crippen molar-refractivity contribution in [3.8, 4) is 11.5 Å². The van der Waals surface area contributed by atoms with Gasteiger partial charge >= 0.3 is 0 Å². The van der Waals surface area contributed by atoms with Crippen LogP contribution in [0.15, 0.2) is 57.8 Å². The number of oxazole rings is 1. The molecule has 0 spiro atoms. The van der Waals surface area contributed by atoms with Crippen molar-refractivity contribution in [2.45, 2.75) is 50.3 Å². The van der Waals surface area contributed by atoms with E-state index in [9.17, 15) is 4.79 Å². The third kappa shape index (κ3) is 5.43. The number of carbonyl (C=O) groups is 1. The molecule has 4 rings (SSSR count). The first kappa shape index (κ1) is 22.6. The number of nitrogens with one attached hydrogen (secondary N) is 1. The van der Waals surface area contributed by atoms with Gasteiger partial charge in [-0.2, -0.15) is 0 Å². The summed E-state index contributed by atoms with van der Waals surface area (Å²) in [5, 5.41) is 3.09. The Morgan fingerprint density at radius 1 is 1.16 bits per heavy atom. The molecule has 1 atom stereocenters. The lowest BCUT2D eigenvalue weighted by Gasteiger charge is -2.22. The minimum absolute atomic E-state index is 0.0294. The molecule has 3 aromatic rings. The van der Waals surface area contributed by atoms with Gasteiger partial charge in [-0.15, -0.1) is 11.8 Å². The molecule has 1 amide bonds. The number of hydrogen-bond acceptors (Lipinski definition) is 5. The molecule has 0 unspecified atom stereocenters. The number of benzene rings is 2. The predicted octanol–water partition coefficient (Wildman–Crippen LogP) is 5.46. The number of likely N-dealkylation sites (tertiary alicyclic amines) is 1. The quantitative estimate of drug-likeness (QED) is 0.463. The monoisotopic (exact) mass is 449 g/mol. The third-order valence-corrected chi connectivity index (χ3v) is 7.11. The third-order valence-electron chi connectivity index (χ3n) is 6.09. The summed E-state index contributed by atoms with van der Waals surface area (Å²) in [6, 6.07) is 16.5. The van der Waals surface area contributed by atoms with E-state index in [2.05, 4.69) is 48.3 Å². The maximum atomic E-state index is 12.6. The van der Waals surface area contributed by atoms with E-state index in [-0.39, 0.29) is 5.91 Å². The molecular formula is C26H31N3O2S. The molecule has 5 nitrogen and oxygen atoms in total. The molecular weight excluding hydrogens is 418 g/mol. The van der Waals surface area contributed by atoms with Crippen molar-refractivity contribution in [2.75, 3.05) is 19.6 Å². The zero-order valence-electron chi connectivity index (χ0n) is 19.1. The van der Waals surface area contributed by atoms with Gasteiger partial charge in [0.25, 0.3) is 5.91 Å². The number of hydrogen-bond donors (Lipinski definition) is 1. The van der Waals surface area contributed by atoms with E-state index in [1.54, 1.807) is 11.8 Å². The predicted molar refractivity (Wildman–Crippen MR) is 130 cm³/mol. The molecule has 0 saturated carbocycles. The summed E-state index contributed by atoms with van der Waals surface area (Å²) < 4.78 is 5.92. The zero-order chi connectivity index (χ0) is 22.5. The van der Waals surface area contributed by atoms with E-state index in [1.165, 1.54) is 16.9 Å². The molecule has 1 saturated heterocycles. The number of nitrogens with zero attached hydrogens (tertiary/aromatic N) is 2. The lowest BCUT2D eigenvalue weighted by Crippen LogP contribution is -2.40. The first-order valence-corrected chi connectivity index (χ1v) is 12.3. The fourth-order valence-corrected chi connectivity index (χ4v) is 4.99. The van der Waals surface area contributed by atoms with E-state index in [0.717, 1.165) is 42.3 Å². The number of aryl methyl sites for hydroxylation is 2. The molecule has 1 fully saturated rings. The fraction of sp³-hybridized carbons (Fsp3) is 0.385. The van der Waals surface area contributed by atoms with Crippen molar-refractivity contribution in [3.05, 3.63) is 71.1 Å². The highest BCUT2D eigenvalue weighted by molar-refractivity contribution is 7.98. The Bertz CT molecular complexity index is 1040. The van der Waals surface area contributed by atoms with Gasteiger partial charge in [0, 0.05) is 34.4 Å². The summed E-state index contributed by atoms with van der Waals surface area (Å²) in [6.45, 7) is 9.09. The van der Waals surface area contributed by atoms with Crippen LogP contribution in [0.25, 0.3) is 11.5 Å². The van der Waals surface area contributed by atoms with E-state index >= 15 is 0 Å². The van der Waals surface area contributed by atoms with Crippen molar-refractivity contribution in [3.63, 3.8) is 0 Å². The molecule has 2 aromatic carbocycles. The SMILES string of the molecule is CCN1CCC[C@H]1CNC(=O)c1ccc(-c2nc(CSc3ccc(C)cc3)c(C)o2)cc1. The minimum Gasteiger partial charge on any atom is -0.441 e. The number of rotatable bonds is 8. The van der Waals surface area contributed by atoms with Gasteiger partial charge < -0.3 is 9.73 Å². The van der Waals surface area contributed by atoms with Crippen LogP contribution in [0.2, 0.25) is 0 Å². The Morgan fingerprint density at radius 2 is 1.91 bits per heavy atom. The molecule has 2 heterocycles. The van der Waals surface area contributed by atoms with Crippen LogP contribution >= 0.6 is 11.8 Å². The number of likely N-dealkylation sites (N-methyl/N-ethyl adjacent to an activating group) is 1. The average molecular weight is 450 g/mol. The van der Waals surface area contributed by atoms with Crippen LogP contribution in [-0.4, -0.2) is 41.5 Å². The molecule has 1 aliphatic heterocycles. The Hall–Kier alpha value is -2.57. The largest absolute Gasteiger partial charge is 0.441 e. The van der Waals surface area contributed by atoms with E-state index in [1.807, 2.05) is 31.2 Å². The number of thioether (sulfide) groups is 1. The van der Waals surface area contributed by atoms with Gasteiger partial charge in [0.1, 0.15) is 5.76 Å². The fourth-order valence-electron chi connectivity index (χ4n) is 4.09. The topological polar surface area (TPSA) is 58.4 Å². The minimum atomic E-state index is -0.0294. The molecule has 168 valence electrons. The van der Waals surface area contributed by atoms with Crippen LogP contribution in [0, 0.1) is 13.8 Å².